The van der Waals surface area contributed by atoms with Crippen molar-refractivity contribution in [2.75, 3.05) is 14.2 Å². The third-order valence-electron chi connectivity index (χ3n) is 3.40. The highest BCUT2D eigenvalue weighted by molar-refractivity contribution is 5.77. The van der Waals surface area contributed by atoms with E-state index < -0.39 is 0 Å². The van der Waals surface area contributed by atoms with Crippen LogP contribution < -0.4 is 14.2 Å². The van der Waals surface area contributed by atoms with Gasteiger partial charge in [0.05, 0.1) is 14.2 Å². The fourth-order valence-electron chi connectivity index (χ4n) is 2.48. The summed E-state index contributed by atoms with van der Waals surface area (Å²) in [5.41, 5.74) is 3.55. The molecule has 3 heteroatoms. The van der Waals surface area contributed by atoms with Crippen LogP contribution in [0.15, 0.2) is 17.7 Å². The minimum atomic E-state index is -0.195. The molecule has 1 aliphatic heterocycles. The molecule has 0 amide bonds. The number of fused-ring (bicyclic) bond motifs is 1. The first-order valence-electron chi connectivity index (χ1n) is 6.49. The third kappa shape index (κ3) is 2.55. The van der Waals surface area contributed by atoms with Crippen molar-refractivity contribution in [3.05, 3.63) is 23.3 Å². The summed E-state index contributed by atoms with van der Waals surface area (Å²) < 4.78 is 16.8. The van der Waals surface area contributed by atoms with Gasteiger partial charge in [0.25, 0.3) is 0 Å². The number of benzene rings is 1. The van der Waals surface area contributed by atoms with Gasteiger partial charge in [0.2, 0.25) is 0 Å². The molecule has 0 aromatic heterocycles. The normalized spacial score (nSPS) is 16.4. The molecule has 0 saturated heterocycles. The van der Waals surface area contributed by atoms with Crippen molar-refractivity contribution in [1.82, 2.24) is 0 Å². The van der Waals surface area contributed by atoms with Crippen molar-refractivity contribution < 1.29 is 14.2 Å². The standard InChI is InChI=1S/C16H22O3/c1-10(2)12-9-16(3,4)19-13-8-15(18-6)14(17-5)7-11(12)13/h7-8H,9H2,1-6H3. The Hall–Kier alpha value is -1.64. The van der Waals surface area contributed by atoms with Crippen LogP contribution in [0, 0.1) is 0 Å². The van der Waals surface area contributed by atoms with E-state index in [9.17, 15) is 0 Å². The van der Waals surface area contributed by atoms with Crippen LogP contribution in [0.5, 0.6) is 17.2 Å². The Balaban J connectivity index is 2.65. The van der Waals surface area contributed by atoms with Crippen LogP contribution >= 0.6 is 0 Å². The van der Waals surface area contributed by atoms with Crippen LogP contribution in [-0.4, -0.2) is 19.8 Å². The van der Waals surface area contributed by atoms with Crippen LogP contribution in [0.3, 0.4) is 0 Å². The average Bonchev–Trinajstić information content (AvgIpc) is 2.35. The Morgan fingerprint density at radius 3 is 2.21 bits per heavy atom. The number of rotatable bonds is 2. The monoisotopic (exact) mass is 262 g/mol. The first kappa shape index (κ1) is 13.8. The lowest BCUT2D eigenvalue weighted by Crippen LogP contribution is -2.32. The molecule has 0 fully saturated rings. The molecule has 0 saturated carbocycles. The molecule has 0 bridgehead atoms. The van der Waals surface area contributed by atoms with Gasteiger partial charge in [0.15, 0.2) is 11.5 Å². The van der Waals surface area contributed by atoms with Crippen molar-refractivity contribution in [2.45, 2.75) is 39.7 Å². The largest absolute Gasteiger partial charge is 0.493 e. The van der Waals surface area contributed by atoms with Gasteiger partial charge in [-0.25, -0.2) is 0 Å². The van der Waals surface area contributed by atoms with Crippen LogP contribution in [-0.2, 0) is 0 Å². The molecule has 104 valence electrons. The molecule has 1 heterocycles. The zero-order chi connectivity index (χ0) is 14.2. The van der Waals surface area contributed by atoms with Crippen molar-refractivity contribution in [3.63, 3.8) is 0 Å². The first-order chi connectivity index (χ1) is 8.88. The van der Waals surface area contributed by atoms with Gasteiger partial charge in [-0.15, -0.1) is 0 Å². The number of hydrogen-bond acceptors (Lipinski definition) is 3. The number of hydrogen-bond donors (Lipinski definition) is 0. The maximum absolute atomic E-state index is 6.07. The molecule has 0 aliphatic carbocycles. The van der Waals surface area contributed by atoms with Crippen molar-refractivity contribution in [1.29, 1.82) is 0 Å². The van der Waals surface area contributed by atoms with E-state index in [1.165, 1.54) is 11.1 Å². The molecule has 0 unspecified atom stereocenters. The van der Waals surface area contributed by atoms with Crippen LogP contribution in [0.2, 0.25) is 0 Å². The van der Waals surface area contributed by atoms with Gasteiger partial charge in [0, 0.05) is 18.1 Å². The number of methoxy groups -OCH3 is 2. The smallest absolute Gasteiger partial charge is 0.164 e. The SMILES string of the molecule is COc1cc2c(cc1OC)C(=C(C)C)CC(C)(C)O2. The molecule has 0 atom stereocenters. The summed E-state index contributed by atoms with van der Waals surface area (Å²) in [6.45, 7) is 8.49. The fourth-order valence-corrected chi connectivity index (χ4v) is 2.48. The molecule has 1 aromatic carbocycles. The van der Waals surface area contributed by atoms with Gasteiger partial charge in [-0.2, -0.15) is 0 Å². The summed E-state index contributed by atoms with van der Waals surface area (Å²) in [4.78, 5) is 0. The predicted molar refractivity (Wildman–Crippen MR) is 77.1 cm³/mol. The summed E-state index contributed by atoms with van der Waals surface area (Å²) >= 11 is 0. The second-order valence-corrected chi connectivity index (χ2v) is 5.72. The predicted octanol–water partition coefficient (Wildman–Crippen LogP) is 4.06. The van der Waals surface area contributed by atoms with Crippen molar-refractivity contribution >= 4 is 5.57 Å². The highest BCUT2D eigenvalue weighted by Crippen LogP contribution is 2.46. The second-order valence-electron chi connectivity index (χ2n) is 5.72. The van der Waals surface area contributed by atoms with Crippen LogP contribution in [0.25, 0.3) is 5.57 Å². The van der Waals surface area contributed by atoms with E-state index in [2.05, 4.69) is 27.7 Å². The lowest BCUT2D eigenvalue weighted by atomic mass is 9.87. The van der Waals surface area contributed by atoms with Gasteiger partial charge in [0.1, 0.15) is 11.4 Å². The summed E-state index contributed by atoms with van der Waals surface area (Å²) in [6, 6.07) is 3.92. The molecule has 3 nitrogen and oxygen atoms in total. The zero-order valence-corrected chi connectivity index (χ0v) is 12.6. The van der Waals surface area contributed by atoms with Gasteiger partial charge < -0.3 is 14.2 Å². The number of ether oxygens (including phenoxy) is 3. The minimum absolute atomic E-state index is 0.195. The Labute approximate surface area is 115 Å². The summed E-state index contributed by atoms with van der Waals surface area (Å²) in [7, 11) is 3.29. The van der Waals surface area contributed by atoms with E-state index in [4.69, 9.17) is 14.2 Å². The first-order valence-corrected chi connectivity index (χ1v) is 6.49. The lowest BCUT2D eigenvalue weighted by molar-refractivity contribution is 0.107. The summed E-state index contributed by atoms with van der Waals surface area (Å²) in [5.74, 6) is 2.31. The molecule has 19 heavy (non-hydrogen) atoms. The summed E-state index contributed by atoms with van der Waals surface area (Å²) in [6.07, 6.45) is 0.901. The molecule has 0 spiro atoms. The highest BCUT2D eigenvalue weighted by Gasteiger charge is 2.31. The zero-order valence-electron chi connectivity index (χ0n) is 12.6. The molecule has 1 aromatic rings. The average molecular weight is 262 g/mol. The lowest BCUT2D eigenvalue weighted by Gasteiger charge is -2.35. The number of allylic oxidation sites excluding steroid dienone is 1. The Bertz CT molecular complexity index is 523. The van der Waals surface area contributed by atoms with Gasteiger partial charge in [-0.3, -0.25) is 0 Å². The molecular formula is C16H22O3. The Kier molecular flexibility index (Phi) is 3.48. The Morgan fingerprint density at radius 2 is 1.68 bits per heavy atom. The van der Waals surface area contributed by atoms with Crippen LogP contribution in [0.1, 0.15) is 39.7 Å². The van der Waals surface area contributed by atoms with Gasteiger partial charge in [-0.1, -0.05) is 5.57 Å². The highest BCUT2D eigenvalue weighted by atomic mass is 16.5. The maximum Gasteiger partial charge on any atom is 0.164 e. The van der Waals surface area contributed by atoms with E-state index >= 15 is 0 Å². The third-order valence-corrected chi connectivity index (χ3v) is 3.40. The molecule has 2 rings (SSSR count). The molecule has 0 radical (unpaired) electrons. The Morgan fingerprint density at radius 1 is 1.11 bits per heavy atom. The van der Waals surface area contributed by atoms with Crippen molar-refractivity contribution in [2.24, 2.45) is 0 Å². The second kappa shape index (κ2) is 4.80. The van der Waals surface area contributed by atoms with Crippen LogP contribution in [0.4, 0.5) is 0 Å². The maximum atomic E-state index is 6.07. The molecule has 1 aliphatic rings. The van der Waals surface area contributed by atoms with Crippen molar-refractivity contribution in [3.8, 4) is 17.2 Å². The van der Waals surface area contributed by atoms with E-state index in [1.807, 2.05) is 12.1 Å². The minimum Gasteiger partial charge on any atom is -0.493 e. The van der Waals surface area contributed by atoms with E-state index in [0.717, 1.165) is 23.5 Å². The fraction of sp³-hybridized carbons (Fsp3) is 0.500. The topological polar surface area (TPSA) is 27.7 Å². The molecule has 0 N–H and O–H groups in total. The molecular weight excluding hydrogens is 240 g/mol. The van der Waals surface area contributed by atoms with Gasteiger partial charge >= 0.3 is 0 Å². The van der Waals surface area contributed by atoms with E-state index in [0.29, 0.717) is 5.75 Å². The quantitative estimate of drug-likeness (QED) is 0.804. The van der Waals surface area contributed by atoms with Gasteiger partial charge in [-0.05, 0) is 39.3 Å². The summed E-state index contributed by atoms with van der Waals surface area (Å²) in [5, 5.41) is 0. The van der Waals surface area contributed by atoms with E-state index in [1.54, 1.807) is 14.2 Å². The van der Waals surface area contributed by atoms with E-state index in [-0.39, 0.29) is 5.60 Å².